The number of carbonyl (C=O) groups excluding carboxylic acids is 1. The van der Waals surface area contributed by atoms with Gasteiger partial charge in [0.1, 0.15) is 0 Å². The highest BCUT2D eigenvalue weighted by Crippen LogP contribution is 2.20. The van der Waals surface area contributed by atoms with E-state index in [0.29, 0.717) is 13.0 Å². The van der Waals surface area contributed by atoms with Crippen LogP contribution in [0.3, 0.4) is 0 Å². The third kappa shape index (κ3) is 6.51. The number of halogens is 3. The Hall–Kier alpha value is -0.830. The Labute approximate surface area is 131 Å². The molecule has 9 heteroatoms. The van der Waals surface area contributed by atoms with Crippen LogP contribution in [0.2, 0.25) is 0 Å². The van der Waals surface area contributed by atoms with E-state index in [9.17, 15) is 22.2 Å². The molecule has 3 atom stereocenters. The molecule has 0 aromatic carbocycles. The number of rotatable bonds is 5. The van der Waals surface area contributed by atoms with Crippen molar-refractivity contribution in [2.24, 2.45) is 0 Å². The minimum absolute atomic E-state index is 0.00264. The summed E-state index contributed by atoms with van der Waals surface area (Å²) in [6.07, 6.45) is -1.99. The van der Waals surface area contributed by atoms with Gasteiger partial charge in [0, 0.05) is 54.5 Å². The molecule has 1 aliphatic rings. The molecule has 0 saturated carbocycles. The number of hydrogen-bond acceptors (Lipinski definition) is 3. The third-order valence-corrected chi connectivity index (χ3v) is 5.20. The van der Waals surface area contributed by atoms with E-state index in [1.165, 1.54) is 9.80 Å². The molecule has 1 heterocycles. The summed E-state index contributed by atoms with van der Waals surface area (Å²) in [7, 11) is -0.928. The molecule has 0 unspecified atom stereocenters. The van der Waals surface area contributed by atoms with Gasteiger partial charge < -0.3 is 10.2 Å². The lowest BCUT2D eigenvalue weighted by molar-refractivity contribution is -0.153. The summed E-state index contributed by atoms with van der Waals surface area (Å²) in [6.45, 7) is 3.77. The normalized spacial score (nSPS) is 23.2. The molecule has 0 aromatic rings. The van der Waals surface area contributed by atoms with Crippen LogP contribution in [0.5, 0.6) is 0 Å². The number of nitrogens with zero attached hydrogens (tertiary/aromatic N) is 2. The Morgan fingerprint density at radius 3 is 2.55 bits per heavy atom. The zero-order valence-corrected chi connectivity index (χ0v) is 14.0. The first-order valence-electron chi connectivity index (χ1n) is 7.26. The second-order valence-electron chi connectivity index (χ2n) is 5.71. The molecule has 22 heavy (non-hydrogen) atoms. The number of hydrogen-bond donors (Lipinski definition) is 1. The molecular weight excluding hydrogens is 319 g/mol. The highest BCUT2D eigenvalue weighted by atomic mass is 32.2. The van der Waals surface area contributed by atoms with Crippen LogP contribution in [0.15, 0.2) is 0 Å². The number of piperazine rings is 1. The average Bonchev–Trinajstić information content (AvgIpc) is 2.39. The Morgan fingerprint density at radius 1 is 1.41 bits per heavy atom. The average molecular weight is 343 g/mol. The smallest absolute Gasteiger partial charge is 0.338 e. The second kappa shape index (κ2) is 8.14. The molecular formula is C13H24F3N3O2S. The largest absolute Gasteiger partial charge is 0.401 e. The van der Waals surface area contributed by atoms with Crippen molar-refractivity contribution in [3.63, 3.8) is 0 Å². The lowest BCUT2D eigenvalue weighted by Gasteiger charge is -2.40. The van der Waals surface area contributed by atoms with Gasteiger partial charge in [-0.05, 0) is 13.3 Å². The van der Waals surface area contributed by atoms with Crippen molar-refractivity contribution in [1.29, 1.82) is 0 Å². The van der Waals surface area contributed by atoms with Crippen LogP contribution >= 0.6 is 0 Å². The lowest BCUT2D eigenvalue weighted by Crippen LogP contribution is -2.57. The van der Waals surface area contributed by atoms with Crippen LogP contribution < -0.4 is 5.32 Å². The van der Waals surface area contributed by atoms with E-state index < -0.39 is 23.5 Å². The maximum atomic E-state index is 12.4. The molecule has 0 aromatic heterocycles. The quantitative estimate of drug-likeness (QED) is 0.821. The molecule has 0 aliphatic carbocycles. The summed E-state index contributed by atoms with van der Waals surface area (Å²) in [5, 5.41) is 2.74. The number of nitrogens with one attached hydrogen (secondary N) is 1. The van der Waals surface area contributed by atoms with Gasteiger partial charge >= 0.3 is 12.2 Å². The van der Waals surface area contributed by atoms with Crippen LogP contribution in [0.1, 0.15) is 20.3 Å². The fraction of sp³-hybridized carbons (Fsp3) is 0.923. The fourth-order valence-corrected chi connectivity index (χ4v) is 2.75. The molecule has 1 rings (SSSR count). The minimum atomic E-state index is -4.22. The van der Waals surface area contributed by atoms with Crippen LogP contribution in [-0.4, -0.2) is 76.5 Å². The van der Waals surface area contributed by atoms with E-state index in [1.54, 1.807) is 13.2 Å². The number of carbonyl (C=O) groups is 1. The lowest BCUT2D eigenvalue weighted by atomic mass is 10.2. The zero-order valence-electron chi connectivity index (χ0n) is 13.2. The first kappa shape index (κ1) is 19.2. The number of urea groups is 1. The van der Waals surface area contributed by atoms with Crippen molar-refractivity contribution in [3.8, 4) is 0 Å². The van der Waals surface area contributed by atoms with Gasteiger partial charge in [-0.2, -0.15) is 13.2 Å². The van der Waals surface area contributed by atoms with Gasteiger partial charge in [0.15, 0.2) is 0 Å². The Bertz CT molecular complexity index is 406. The van der Waals surface area contributed by atoms with E-state index >= 15 is 0 Å². The molecule has 5 nitrogen and oxygen atoms in total. The standard InChI is InChI=1S/C13H24F3N3O2S/c1-10-8-18(6-7-19(10)9-13(14,15)16)12(20)17-5-4-11(2)22(3)21/h10-11H,4-9H2,1-3H3,(H,17,20)/t10-,11+,22+/m1/s1. The van der Waals surface area contributed by atoms with Crippen molar-refractivity contribution >= 4 is 16.8 Å². The summed E-state index contributed by atoms with van der Waals surface area (Å²) < 4.78 is 48.5. The van der Waals surface area contributed by atoms with Crippen molar-refractivity contribution in [2.45, 2.75) is 37.7 Å². The van der Waals surface area contributed by atoms with E-state index in [1.807, 2.05) is 6.92 Å². The predicted molar refractivity (Wildman–Crippen MR) is 80.2 cm³/mol. The summed E-state index contributed by atoms with van der Waals surface area (Å²) in [5.41, 5.74) is 0. The zero-order chi connectivity index (χ0) is 16.9. The van der Waals surface area contributed by atoms with Crippen LogP contribution in [0.4, 0.5) is 18.0 Å². The maximum absolute atomic E-state index is 12.4. The highest BCUT2D eigenvalue weighted by molar-refractivity contribution is 7.84. The van der Waals surface area contributed by atoms with Gasteiger partial charge in [0.05, 0.1) is 6.54 Å². The van der Waals surface area contributed by atoms with E-state index in [4.69, 9.17) is 0 Å². The summed E-state index contributed by atoms with van der Waals surface area (Å²) in [6, 6.07) is -0.601. The van der Waals surface area contributed by atoms with Crippen molar-refractivity contribution in [2.75, 3.05) is 39.0 Å². The Kier molecular flexibility index (Phi) is 7.11. The summed E-state index contributed by atoms with van der Waals surface area (Å²) in [5.74, 6) is 0. The van der Waals surface area contributed by atoms with Crippen LogP contribution in [0, 0.1) is 0 Å². The van der Waals surface area contributed by atoms with Gasteiger partial charge in [-0.15, -0.1) is 0 Å². The molecule has 1 saturated heterocycles. The minimum Gasteiger partial charge on any atom is -0.338 e. The van der Waals surface area contributed by atoms with Gasteiger partial charge in [-0.1, -0.05) is 6.92 Å². The molecule has 1 N–H and O–H groups in total. The molecule has 0 bridgehead atoms. The molecule has 0 spiro atoms. The summed E-state index contributed by atoms with van der Waals surface area (Å²) in [4.78, 5) is 14.9. The fourth-order valence-electron chi connectivity index (χ4n) is 2.31. The van der Waals surface area contributed by atoms with E-state index in [-0.39, 0.29) is 37.0 Å². The number of alkyl halides is 3. The Morgan fingerprint density at radius 2 is 2.05 bits per heavy atom. The monoisotopic (exact) mass is 343 g/mol. The highest BCUT2D eigenvalue weighted by Gasteiger charge is 2.35. The SMILES string of the molecule is C[C@@H]1CN(C(=O)NCC[C@H](C)[S@](C)=O)CCN1CC(F)(F)F. The van der Waals surface area contributed by atoms with Crippen LogP contribution in [-0.2, 0) is 10.8 Å². The summed E-state index contributed by atoms with van der Waals surface area (Å²) >= 11 is 0. The third-order valence-electron chi connectivity index (χ3n) is 3.83. The molecule has 130 valence electrons. The topological polar surface area (TPSA) is 52.7 Å². The van der Waals surface area contributed by atoms with Crippen LogP contribution in [0.25, 0.3) is 0 Å². The van der Waals surface area contributed by atoms with E-state index in [2.05, 4.69) is 5.32 Å². The van der Waals surface area contributed by atoms with Gasteiger partial charge in [0.2, 0.25) is 0 Å². The molecule has 0 radical (unpaired) electrons. The van der Waals surface area contributed by atoms with Crippen molar-refractivity contribution in [3.05, 3.63) is 0 Å². The molecule has 1 fully saturated rings. The van der Waals surface area contributed by atoms with Crippen molar-refractivity contribution < 1.29 is 22.2 Å². The van der Waals surface area contributed by atoms with Gasteiger partial charge in [-0.25, -0.2) is 4.79 Å². The first-order valence-corrected chi connectivity index (χ1v) is 8.88. The van der Waals surface area contributed by atoms with E-state index in [0.717, 1.165) is 0 Å². The predicted octanol–water partition coefficient (Wildman–Crippen LogP) is 1.42. The second-order valence-corrected chi connectivity index (χ2v) is 7.51. The first-order chi connectivity index (χ1) is 10.1. The van der Waals surface area contributed by atoms with Crippen molar-refractivity contribution in [1.82, 2.24) is 15.1 Å². The number of amides is 2. The molecule has 1 aliphatic heterocycles. The molecule has 2 amide bonds. The van der Waals surface area contributed by atoms with Gasteiger partial charge in [0.25, 0.3) is 0 Å². The Balaban J connectivity index is 2.36. The maximum Gasteiger partial charge on any atom is 0.401 e. The van der Waals surface area contributed by atoms with Gasteiger partial charge in [-0.3, -0.25) is 9.11 Å².